The average Bonchev–Trinajstić information content (AvgIpc) is 2.44. The smallest absolute Gasteiger partial charge is 0.259 e. The molecule has 110 valence electrons. The van der Waals surface area contributed by atoms with Crippen molar-refractivity contribution in [1.82, 2.24) is 0 Å². The second-order valence-corrected chi connectivity index (χ2v) is 5.88. The highest BCUT2D eigenvalue weighted by atomic mass is 35.5. The largest absolute Gasteiger partial charge is 0.308 e. The van der Waals surface area contributed by atoms with Crippen LogP contribution in [0.2, 0.25) is 15.1 Å². The summed E-state index contributed by atoms with van der Waals surface area (Å²) < 4.78 is 0. The van der Waals surface area contributed by atoms with Gasteiger partial charge in [0.2, 0.25) is 0 Å². The number of anilines is 1. The molecule has 0 unspecified atom stereocenters. The van der Waals surface area contributed by atoms with E-state index in [9.17, 15) is 4.79 Å². The minimum atomic E-state index is -0.185. The van der Waals surface area contributed by atoms with Crippen molar-refractivity contribution < 1.29 is 4.79 Å². The third kappa shape index (κ3) is 3.52. The van der Waals surface area contributed by atoms with Gasteiger partial charge >= 0.3 is 0 Å². The van der Waals surface area contributed by atoms with Gasteiger partial charge < -0.3 is 4.90 Å². The number of halogens is 3. The van der Waals surface area contributed by atoms with Crippen molar-refractivity contribution in [3.05, 3.63) is 62.6 Å². The Balaban J connectivity index is 2.45. The van der Waals surface area contributed by atoms with Gasteiger partial charge in [-0.3, -0.25) is 4.79 Å². The number of benzene rings is 2. The topological polar surface area (TPSA) is 20.3 Å². The molecule has 5 heteroatoms. The zero-order valence-electron chi connectivity index (χ0n) is 11.7. The molecule has 0 saturated heterocycles. The van der Waals surface area contributed by atoms with Crippen LogP contribution in [-0.2, 0) is 0 Å². The zero-order chi connectivity index (χ0) is 15.6. The third-order valence-electron chi connectivity index (χ3n) is 3.17. The lowest BCUT2D eigenvalue weighted by atomic mass is 10.1. The van der Waals surface area contributed by atoms with E-state index in [1.54, 1.807) is 29.2 Å². The summed E-state index contributed by atoms with van der Waals surface area (Å²) in [7, 11) is 0. The molecule has 0 aliphatic heterocycles. The Kier molecular flexibility index (Phi) is 5.15. The Morgan fingerprint density at radius 3 is 2.29 bits per heavy atom. The Bertz CT molecular complexity index is 685. The SMILES string of the molecule is CCN(C(=O)c1cc(Cl)ccc1Cl)c1ccc(Cl)cc1C. The Morgan fingerprint density at radius 1 is 1.05 bits per heavy atom. The molecule has 0 aliphatic carbocycles. The van der Waals surface area contributed by atoms with Gasteiger partial charge in [-0.1, -0.05) is 34.8 Å². The second-order valence-electron chi connectivity index (χ2n) is 4.60. The summed E-state index contributed by atoms with van der Waals surface area (Å²) in [5.74, 6) is -0.185. The van der Waals surface area contributed by atoms with Crippen LogP contribution in [0, 0.1) is 6.92 Å². The average molecular weight is 343 g/mol. The van der Waals surface area contributed by atoms with E-state index in [1.165, 1.54) is 0 Å². The molecule has 0 radical (unpaired) electrons. The monoisotopic (exact) mass is 341 g/mol. The third-order valence-corrected chi connectivity index (χ3v) is 3.97. The van der Waals surface area contributed by atoms with Crippen molar-refractivity contribution in [1.29, 1.82) is 0 Å². The maximum Gasteiger partial charge on any atom is 0.259 e. The van der Waals surface area contributed by atoms with Crippen LogP contribution in [0.5, 0.6) is 0 Å². The maximum atomic E-state index is 12.7. The minimum Gasteiger partial charge on any atom is -0.308 e. The van der Waals surface area contributed by atoms with E-state index in [2.05, 4.69) is 0 Å². The van der Waals surface area contributed by atoms with Crippen LogP contribution < -0.4 is 4.90 Å². The lowest BCUT2D eigenvalue weighted by Gasteiger charge is -2.23. The van der Waals surface area contributed by atoms with Crippen molar-refractivity contribution in [3.8, 4) is 0 Å². The van der Waals surface area contributed by atoms with Gasteiger partial charge in [0.15, 0.2) is 0 Å². The predicted octanol–water partition coefficient (Wildman–Crippen LogP) is 5.62. The van der Waals surface area contributed by atoms with Crippen molar-refractivity contribution in [2.45, 2.75) is 13.8 Å². The highest BCUT2D eigenvalue weighted by Gasteiger charge is 2.20. The number of nitrogens with zero attached hydrogens (tertiary/aromatic N) is 1. The predicted molar refractivity (Wildman–Crippen MR) is 90.0 cm³/mol. The fraction of sp³-hybridized carbons (Fsp3) is 0.188. The first-order chi connectivity index (χ1) is 9.93. The van der Waals surface area contributed by atoms with Gasteiger partial charge in [-0.05, 0) is 55.8 Å². The first kappa shape index (κ1) is 16.2. The van der Waals surface area contributed by atoms with Crippen LogP contribution in [0.15, 0.2) is 36.4 Å². The van der Waals surface area contributed by atoms with E-state index in [4.69, 9.17) is 34.8 Å². The summed E-state index contributed by atoms with van der Waals surface area (Å²) in [6.45, 7) is 4.34. The lowest BCUT2D eigenvalue weighted by Crippen LogP contribution is -2.31. The first-order valence-corrected chi connectivity index (χ1v) is 7.60. The van der Waals surface area contributed by atoms with Gasteiger partial charge in [0.1, 0.15) is 0 Å². The van der Waals surface area contributed by atoms with Crippen LogP contribution >= 0.6 is 34.8 Å². The summed E-state index contributed by atoms with van der Waals surface area (Å²) in [5.41, 5.74) is 2.12. The molecule has 0 fully saturated rings. The highest BCUT2D eigenvalue weighted by molar-refractivity contribution is 6.36. The number of hydrogen-bond acceptors (Lipinski definition) is 1. The number of aryl methyl sites for hydroxylation is 1. The highest BCUT2D eigenvalue weighted by Crippen LogP contribution is 2.28. The van der Waals surface area contributed by atoms with E-state index in [1.807, 2.05) is 26.0 Å². The molecule has 0 atom stereocenters. The Morgan fingerprint density at radius 2 is 1.67 bits per heavy atom. The molecule has 2 rings (SSSR count). The number of carbonyl (C=O) groups excluding carboxylic acids is 1. The molecular weight excluding hydrogens is 329 g/mol. The Labute approximate surface area is 139 Å². The Hall–Kier alpha value is -1.22. The molecule has 0 aromatic heterocycles. The van der Waals surface area contributed by atoms with E-state index < -0.39 is 0 Å². The summed E-state index contributed by atoms with van der Waals surface area (Å²) in [5, 5.41) is 1.50. The van der Waals surface area contributed by atoms with Gasteiger partial charge in [0, 0.05) is 22.3 Å². The molecule has 2 nitrogen and oxygen atoms in total. The molecule has 2 aromatic rings. The normalized spacial score (nSPS) is 10.5. The van der Waals surface area contributed by atoms with Crippen LogP contribution in [0.25, 0.3) is 0 Å². The van der Waals surface area contributed by atoms with Crippen LogP contribution in [-0.4, -0.2) is 12.5 Å². The zero-order valence-corrected chi connectivity index (χ0v) is 13.9. The van der Waals surface area contributed by atoms with E-state index in [0.29, 0.717) is 27.2 Å². The fourth-order valence-corrected chi connectivity index (χ4v) is 2.75. The van der Waals surface area contributed by atoms with Crippen molar-refractivity contribution in [3.63, 3.8) is 0 Å². The van der Waals surface area contributed by atoms with Gasteiger partial charge in [0.25, 0.3) is 5.91 Å². The minimum absolute atomic E-state index is 0.185. The number of carbonyl (C=O) groups is 1. The van der Waals surface area contributed by atoms with Gasteiger partial charge in [-0.25, -0.2) is 0 Å². The molecular formula is C16H14Cl3NO. The van der Waals surface area contributed by atoms with Gasteiger partial charge in [-0.2, -0.15) is 0 Å². The summed E-state index contributed by atoms with van der Waals surface area (Å²) in [4.78, 5) is 14.4. The number of hydrogen-bond donors (Lipinski definition) is 0. The quantitative estimate of drug-likeness (QED) is 0.708. The van der Waals surface area contributed by atoms with Crippen LogP contribution in [0.4, 0.5) is 5.69 Å². The van der Waals surface area contributed by atoms with E-state index in [0.717, 1.165) is 11.3 Å². The number of amides is 1. The maximum absolute atomic E-state index is 12.7. The molecule has 2 aromatic carbocycles. The van der Waals surface area contributed by atoms with Crippen molar-refractivity contribution in [2.75, 3.05) is 11.4 Å². The first-order valence-electron chi connectivity index (χ1n) is 6.47. The second kappa shape index (κ2) is 6.69. The number of rotatable bonds is 3. The summed E-state index contributed by atoms with van der Waals surface area (Å²) in [6.07, 6.45) is 0. The van der Waals surface area contributed by atoms with Crippen LogP contribution in [0.1, 0.15) is 22.8 Å². The molecule has 1 amide bonds. The summed E-state index contributed by atoms with van der Waals surface area (Å²) >= 11 is 18.0. The molecule has 0 heterocycles. The fourth-order valence-electron chi connectivity index (χ4n) is 2.15. The molecule has 0 N–H and O–H groups in total. The standard InChI is InChI=1S/C16H14Cl3NO/c1-3-20(15-7-5-11(17)8-10(15)2)16(21)13-9-12(18)4-6-14(13)19/h4-9H,3H2,1-2H3. The van der Waals surface area contributed by atoms with Gasteiger partial charge in [-0.15, -0.1) is 0 Å². The lowest BCUT2D eigenvalue weighted by molar-refractivity contribution is 0.0988. The van der Waals surface area contributed by atoms with Crippen molar-refractivity contribution in [2.24, 2.45) is 0 Å². The van der Waals surface area contributed by atoms with E-state index in [-0.39, 0.29) is 5.91 Å². The summed E-state index contributed by atoms with van der Waals surface area (Å²) in [6, 6.07) is 10.3. The molecule has 0 bridgehead atoms. The molecule has 0 spiro atoms. The molecule has 0 saturated carbocycles. The van der Waals surface area contributed by atoms with Gasteiger partial charge in [0.05, 0.1) is 10.6 Å². The van der Waals surface area contributed by atoms with Crippen molar-refractivity contribution >= 4 is 46.4 Å². The molecule has 0 aliphatic rings. The van der Waals surface area contributed by atoms with E-state index >= 15 is 0 Å². The van der Waals surface area contributed by atoms with Crippen LogP contribution in [0.3, 0.4) is 0 Å². The molecule has 21 heavy (non-hydrogen) atoms.